The number of anilines is 1. The number of imide groups is 1. The number of benzene rings is 1. The van der Waals surface area contributed by atoms with E-state index in [-0.39, 0.29) is 24.8 Å². The predicted octanol–water partition coefficient (Wildman–Crippen LogP) is 0.830. The molecule has 0 aromatic heterocycles. The Bertz CT molecular complexity index is 548. The molecule has 1 fully saturated rings. The summed E-state index contributed by atoms with van der Waals surface area (Å²) >= 11 is 0. The van der Waals surface area contributed by atoms with E-state index in [1.807, 2.05) is 13.0 Å². The van der Waals surface area contributed by atoms with Crippen LogP contribution in [0.2, 0.25) is 0 Å². The topological polar surface area (TPSA) is 82.4 Å². The maximum absolute atomic E-state index is 12.1. The molecule has 1 saturated heterocycles. The first-order chi connectivity index (χ1) is 9.67. The molecule has 0 unspecified atom stereocenters. The van der Waals surface area contributed by atoms with Crippen molar-refractivity contribution >= 4 is 17.5 Å². The lowest BCUT2D eigenvalue weighted by atomic mass is 10.2. The van der Waals surface area contributed by atoms with Crippen LogP contribution in [0.25, 0.3) is 0 Å². The molecule has 20 heavy (non-hydrogen) atoms. The SMILES string of the molecule is CCOc1ccc(N2C(=O)C[C@@H](NCC#N)C2=O)cc1. The Morgan fingerprint density at radius 1 is 1.40 bits per heavy atom. The molecule has 1 aromatic rings. The van der Waals surface area contributed by atoms with Gasteiger partial charge in [-0.1, -0.05) is 0 Å². The van der Waals surface area contributed by atoms with Crippen molar-refractivity contribution in [2.75, 3.05) is 18.1 Å². The van der Waals surface area contributed by atoms with Crippen molar-refractivity contribution in [2.45, 2.75) is 19.4 Å². The molecule has 2 rings (SSSR count). The smallest absolute Gasteiger partial charge is 0.251 e. The van der Waals surface area contributed by atoms with Gasteiger partial charge in [-0.15, -0.1) is 0 Å². The molecule has 0 spiro atoms. The highest BCUT2D eigenvalue weighted by atomic mass is 16.5. The lowest BCUT2D eigenvalue weighted by molar-refractivity contribution is -0.121. The molecule has 0 saturated carbocycles. The summed E-state index contributed by atoms with van der Waals surface area (Å²) < 4.78 is 5.31. The van der Waals surface area contributed by atoms with Gasteiger partial charge in [0.25, 0.3) is 5.91 Å². The second kappa shape index (κ2) is 6.17. The molecule has 1 atom stereocenters. The van der Waals surface area contributed by atoms with Crippen LogP contribution < -0.4 is 15.0 Å². The van der Waals surface area contributed by atoms with Crippen LogP contribution in [0.3, 0.4) is 0 Å². The minimum atomic E-state index is -0.617. The van der Waals surface area contributed by atoms with Gasteiger partial charge in [0.1, 0.15) is 5.75 Å². The molecule has 1 aliphatic rings. The summed E-state index contributed by atoms with van der Waals surface area (Å²) in [6.07, 6.45) is 0.0771. The van der Waals surface area contributed by atoms with E-state index in [9.17, 15) is 9.59 Å². The maximum Gasteiger partial charge on any atom is 0.251 e. The first-order valence-corrected chi connectivity index (χ1v) is 6.37. The van der Waals surface area contributed by atoms with E-state index in [0.29, 0.717) is 18.0 Å². The zero-order valence-electron chi connectivity index (χ0n) is 11.1. The summed E-state index contributed by atoms with van der Waals surface area (Å²) in [5.74, 6) is 0.0958. The van der Waals surface area contributed by atoms with Gasteiger partial charge in [0.2, 0.25) is 5.91 Å². The third kappa shape index (κ3) is 2.78. The van der Waals surface area contributed by atoms with E-state index in [0.717, 1.165) is 4.90 Å². The van der Waals surface area contributed by atoms with Crippen molar-refractivity contribution in [2.24, 2.45) is 0 Å². The second-order valence-electron chi connectivity index (χ2n) is 4.29. The van der Waals surface area contributed by atoms with Crippen molar-refractivity contribution in [1.29, 1.82) is 5.26 Å². The molecule has 2 amide bonds. The van der Waals surface area contributed by atoms with Crippen LogP contribution in [0.4, 0.5) is 5.69 Å². The number of carbonyl (C=O) groups excluding carboxylic acids is 2. The standard InChI is InChI=1S/C14H15N3O3/c1-2-20-11-5-3-10(4-6-11)17-13(18)9-12(14(17)19)16-8-7-15/h3-6,12,16H,2,8-9H2,1H3/t12-/m1/s1. The number of nitriles is 1. The van der Waals surface area contributed by atoms with E-state index < -0.39 is 6.04 Å². The molecule has 1 heterocycles. The van der Waals surface area contributed by atoms with E-state index in [2.05, 4.69) is 5.32 Å². The Balaban J connectivity index is 2.13. The monoisotopic (exact) mass is 273 g/mol. The highest BCUT2D eigenvalue weighted by Gasteiger charge is 2.39. The van der Waals surface area contributed by atoms with Crippen molar-refractivity contribution < 1.29 is 14.3 Å². The lowest BCUT2D eigenvalue weighted by Crippen LogP contribution is -2.38. The van der Waals surface area contributed by atoms with Crippen LogP contribution in [0.1, 0.15) is 13.3 Å². The normalized spacial score (nSPS) is 18.2. The number of amides is 2. The molecule has 1 aliphatic heterocycles. The predicted molar refractivity (Wildman–Crippen MR) is 72.1 cm³/mol. The number of hydrogen-bond donors (Lipinski definition) is 1. The third-order valence-corrected chi connectivity index (χ3v) is 2.98. The molecular formula is C14H15N3O3. The van der Waals surface area contributed by atoms with Crippen molar-refractivity contribution in [1.82, 2.24) is 5.32 Å². The van der Waals surface area contributed by atoms with E-state index >= 15 is 0 Å². The Labute approximate surface area is 116 Å². The summed E-state index contributed by atoms with van der Waals surface area (Å²) in [4.78, 5) is 25.2. The van der Waals surface area contributed by atoms with Crippen LogP contribution >= 0.6 is 0 Å². The van der Waals surface area contributed by atoms with Gasteiger partial charge in [0.15, 0.2) is 0 Å². The fourth-order valence-corrected chi connectivity index (χ4v) is 2.09. The summed E-state index contributed by atoms with van der Waals surface area (Å²) in [5.41, 5.74) is 0.518. The summed E-state index contributed by atoms with van der Waals surface area (Å²) in [5, 5.41) is 11.3. The highest BCUT2D eigenvalue weighted by molar-refractivity contribution is 6.22. The molecule has 6 heteroatoms. The van der Waals surface area contributed by atoms with E-state index in [1.165, 1.54) is 0 Å². The Hall–Kier alpha value is -2.39. The average Bonchev–Trinajstić information content (AvgIpc) is 2.73. The molecule has 6 nitrogen and oxygen atoms in total. The first-order valence-electron chi connectivity index (χ1n) is 6.37. The average molecular weight is 273 g/mol. The number of hydrogen-bond acceptors (Lipinski definition) is 5. The van der Waals surface area contributed by atoms with Crippen LogP contribution in [0.15, 0.2) is 24.3 Å². The molecule has 0 radical (unpaired) electrons. The molecule has 0 bridgehead atoms. The lowest BCUT2D eigenvalue weighted by Gasteiger charge is -2.15. The first kappa shape index (κ1) is 14.0. The number of ether oxygens (including phenoxy) is 1. The number of nitrogens with one attached hydrogen (secondary N) is 1. The van der Waals surface area contributed by atoms with Crippen LogP contribution in [0.5, 0.6) is 5.75 Å². The maximum atomic E-state index is 12.1. The molecule has 1 aromatic carbocycles. The highest BCUT2D eigenvalue weighted by Crippen LogP contribution is 2.25. The van der Waals surface area contributed by atoms with Gasteiger partial charge in [-0.05, 0) is 31.2 Å². The second-order valence-corrected chi connectivity index (χ2v) is 4.29. The Morgan fingerprint density at radius 2 is 2.10 bits per heavy atom. The van der Waals surface area contributed by atoms with Crippen molar-refractivity contribution in [3.8, 4) is 11.8 Å². The number of carbonyl (C=O) groups is 2. The molecule has 1 N–H and O–H groups in total. The van der Waals surface area contributed by atoms with Crippen LogP contribution in [0, 0.1) is 11.3 Å². The van der Waals surface area contributed by atoms with Gasteiger partial charge in [0, 0.05) is 0 Å². The summed E-state index contributed by atoms with van der Waals surface area (Å²) in [6, 6.07) is 8.06. The zero-order chi connectivity index (χ0) is 14.5. The summed E-state index contributed by atoms with van der Waals surface area (Å²) in [7, 11) is 0. The number of nitrogens with zero attached hydrogens (tertiary/aromatic N) is 2. The third-order valence-electron chi connectivity index (χ3n) is 2.98. The van der Waals surface area contributed by atoms with Gasteiger partial charge in [0.05, 0.1) is 37.4 Å². The number of rotatable bonds is 5. The van der Waals surface area contributed by atoms with Crippen molar-refractivity contribution in [3.05, 3.63) is 24.3 Å². The molecule has 0 aliphatic carbocycles. The van der Waals surface area contributed by atoms with E-state index in [4.69, 9.17) is 10.00 Å². The zero-order valence-corrected chi connectivity index (χ0v) is 11.1. The van der Waals surface area contributed by atoms with E-state index in [1.54, 1.807) is 24.3 Å². The van der Waals surface area contributed by atoms with Crippen molar-refractivity contribution in [3.63, 3.8) is 0 Å². The Morgan fingerprint density at radius 3 is 2.70 bits per heavy atom. The van der Waals surface area contributed by atoms with Gasteiger partial charge < -0.3 is 4.74 Å². The minimum Gasteiger partial charge on any atom is -0.494 e. The minimum absolute atomic E-state index is 0.0425. The van der Waals surface area contributed by atoms with Gasteiger partial charge >= 0.3 is 0 Å². The van der Waals surface area contributed by atoms with Gasteiger partial charge in [-0.25, -0.2) is 4.90 Å². The fourth-order valence-electron chi connectivity index (χ4n) is 2.09. The quantitative estimate of drug-likeness (QED) is 0.634. The Kier molecular flexibility index (Phi) is 4.33. The molecule has 104 valence electrons. The van der Waals surface area contributed by atoms with Gasteiger partial charge in [-0.3, -0.25) is 14.9 Å². The van der Waals surface area contributed by atoms with Crippen LogP contribution in [-0.2, 0) is 9.59 Å². The fraction of sp³-hybridized carbons (Fsp3) is 0.357. The summed E-state index contributed by atoms with van der Waals surface area (Å²) in [6.45, 7) is 2.48. The van der Waals surface area contributed by atoms with Crippen LogP contribution in [-0.4, -0.2) is 31.0 Å². The van der Waals surface area contributed by atoms with Gasteiger partial charge in [-0.2, -0.15) is 5.26 Å². The molecular weight excluding hydrogens is 258 g/mol. The largest absolute Gasteiger partial charge is 0.494 e.